The summed E-state index contributed by atoms with van der Waals surface area (Å²) in [5.41, 5.74) is 0.688. The number of hydrogen-bond acceptors (Lipinski definition) is 5. The molecule has 1 heterocycles. The van der Waals surface area contributed by atoms with Crippen LogP contribution >= 0.6 is 0 Å². The van der Waals surface area contributed by atoms with Crippen molar-refractivity contribution in [1.29, 1.82) is 0 Å². The molecule has 0 aliphatic carbocycles. The van der Waals surface area contributed by atoms with Crippen LogP contribution in [0.5, 0.6) is 0 Å². The molecule has 1 aromatic heterocycles. The first-order chi connectivity index (χ1) is 9.44. The van der Waals surface area contributed by atoms with Crippen molar-refractivity contribution in [2.45, 2.75) is 39.1 Å². The average molecular weight is 304 g/mol. The third-order valence-electron chi connectivity index (χ3n) is 2.89. The van der Waals surface area contributed by atoms with E-state index in [1.807, 2.05) is 13.8 Å². The minimum Gasteiger partial charge on any atom is -0.465 e. The molecule has 0 aliphatic rings. The van der Waals surface area contributed by atoms with Gasteiger partial charge in [0.15, 0.2) is 0 Å². The zero-order valence-electron chi connectivity index (χ0n) is 12.6. The predicted octanol–water partition coefficient (Wildman–Crippen LogP) is 1.32. The molecule has 0 saturated carbocycles. The van der Waals surface area contributed by atoms with Gasteiger partial charge < -0.3 is 14.5 Å². The number of aryl methyl sites for hydroxylation is 2. The number of rotatable bonds is 9. The Morgan fingerprint density at radius 3 is 2.50 bits per heavy atom. The van der Waals surface area contributed by atoms with Crippen LogP contribution in [0.2, 0.25) is 0 Å². The minimum atomic E-state index is -3.58. The highest BCUT2D eigenvalue weighted by Crippen LogP contribution is 2.26. The molecule has 0 spiro atoms. The summed E-state index contributed by atoms with van der Waals surface area (Å²) in [6.45, 7) is 9.69. The first-order valence-electron chi connectivity index (χ1n) is 6.81. The van der Waals surface area contributed by atoms with Crippen molar-refractivity contribution in [2.24, 2.45) is 0 Å². The third kappa shape index (κ3) is 4.31. The Bertz CT molecular complexity index is 523. The molecule has 0 unspecified atom stereocenters. The molecule has 0 aromatic carbocycles. The summed E-state index contributed by atoms with van der Waals surface area (Å²) in [4.78, 5) is 0.243. The fraction of sp³-hybridized carbons (Fsp3) is 0.692. The van der Waals surface area contributed by atoms with E-state index in [0.29, 0.717) is 36.8 Å². The number of nitrogens with one attached hydrogen (secondary N) is 2. The first kappa shape index (κ1) is 17.2. The van der Waals surface area contributed by atoms with Gasteiger partial charge >= 0.3 is 0 Å². The second kappa shape index (κ2) is 7.78. The van der Waals surface area contributed by atoms with Crippen molar-refractivity contribution >= 4 is 10.0 Å². The van der Waals surface area contributed by atoms with E-state index in [2.05, 4.69) is 10.0 Å². The zero-order chi connectivity index (χ0) is 15.2. The van der Waals surface area contributed by atoms with Gasteiger partial charge in [-0.15, -0.1) is 0 Å². The lowest BCUT2D eigenvalue weighted by Crippen LogP contribution is -2.29. The van der Waals surface area contributed by atoms with Crippen molar-refractivity contribution in [3.05, 3.63) is 17.1 Å². The first-order valence-corrected chi connectivity index (χ1v) is 8.29. The number of ether oxygens (including phenoxy) is 1. The monoisotopic (exact) mass is 304 g/mol. The lowest BCUT2D eigenvalue weighted by atomic mass is 10.2. The molecule has 6 nitrogen and oxygen atoms in total. The highest BCUT2D eigenvalue weighted by Gasteiger charge is 2.26. The Labute approximate surface area is 120 Å². The standard InChI is InChI=1S/C13H24N2O4S/c1-5-14-9-12-10(3)19-11(4)13(12)20(16,17)15-7-8-18-6-2/h14-15H,5-9H2,1-4H3. The van der Waals surface area contributed by atoms with Gasteiger partial charge in [-0.2, -0.15) is 0 Å². The molecule has 0 atom stereocenters. The van der Waals surface area contributed by atoms with Gasteiger partial charge in [-0.25, -0.2) is 13.1 Å². The Morgan fingerprint density at radius 2 is 1.90 bits per heavy atom. The van der Waals surface area contributed by atoms with E-state index in [4.69, 9.17) is 9.15 Å². The van der Waals surface area contributed by atoms with Crippen molar-refractivity contribution in [3.63, 3.8) is 0 Å². The van der Waals surface area contributed by atoms with Gasteiger partial charge in [-0.05, 0) is 27.3 Å². The summed E-state index contributed by atoms with van der Waals surface area (Å²) in [5.74, 6) is 1.05. The third-order valence-corrected chi connectivity index (χ3v) is 4.54. The lowest BCUT2D eigenvalue weighted by molar-refractivity contribution is 0.153. The Balaban J connectivity index is 2.92. The van der Waals surface area contributed by atoms with Crippen LogP contribution in [0.25, 0.3) is 0 Å². The highest BCUT2D eigenvalue weighted by molar-refractivity contribution is 7.89. The molecule has 0 saturated heterocycles. The quantitative estimate of drug-likeness (QED) is 0.673. The van der Waals surface area contributed by atoms with Crippen LogP contribution < -0.4 is 10.0 Å². The largest absolute Gasteiger partial charge is 0.465 e. The Morgan fingerprint density at radius 1 is 1.20 bits per heavy atom. The maximum absolute atomic E-state index is 12.4. The van der Waals surface area contributed by atoms with Crippen LogP contribution in [0, 0.1) is 13.8 Å². The second-order valence-corrected chi connectivity index (χ2v) is 6.10. The van der Waals surface area contributed by atoms with Gasteiger partial charge in [0.1, 0.15) is 16.4 Å². The van der Waals surface area contributed by atoms with Gasteiger partial charge in [0.05, 0.1) is 6.61 Å². The topological polar surface area (TPSA) is 80.6 Å². The normalized spacial score (nSPS) is 12.0. The summed E-state index contributed by atoms with van der Waals surface area (Å²) >= 11 is 0. The van der Waals surface area contributed by atoms with Gasteiger partial charge in [0.25, 0.3) is 0 Å². The SMILES string of the molecule is CCNCc1c(C)oc(C)c1S(=O)(=O)NCCOCC. The number of hydrogen-bond donors (Lipinski definition) is 2. The Kier molecular flexibility index (Phi) is 6.67. The van der Waals surface area contributed by atoms with E-state index < -0.39 is 10.0 Å². The van der Waals surface area contributed by atoms with E-state index in [-0.39, 0.29) is 11.4 Å². The minimum absolute atomic E-state index is 0.243. The van der Waals surface area contributed by atoms with Crippen LogP contribution in [-0.4, -0.2) is 34.7 Å². The summed E-state index contributed by atoms with van der Waals surface area (Å²) in [7, 11) is -3.58. The van der Waals surface area contributed by atoms with E-state index in [1.165, 1.54) is 0 Å². The zero-order valence-corrected chi connectivity index (χ0v) is 13.4. The molecular formula is C13H24N2O4S. The molecule has 0 fully saturated rings. The van der Waals surface area contributed by atoms with E-state index in [9.17, 15) is 8.42 Å². The van der Waals surface area contributed by atoms with Crippen LogP contribution in [0.4, 0.5) is 0 Å². The molecule has 0 aliphatic heterocycles. The maximum Gasteiger partial charge on any atom is 0.244 e. The maximum atomic E-state index is 12.4. The smallest absolute Gasteiger partial charge is 0.244 e. The summed E-state index contributed by atoms with van der Waals surface area (Å²) in [5, 5.41) is 3.13. The molecule has 7 heteroatoms. The fourth-order valence-electron chi connectivity index (χ4n) is 1.98. The van der Waals surface area contributed by atoms with Crippen molar-refractivity contribution in [1.82, 2.24) is 10.0 Å². The van der Waals surface area contributed by atoms with Crippen LogP contribution in [0.1, 0.15) is 30.9 Å². The van der Waals surface area contributed by atoms with Crippen molar-refractivity contribution in [3.8, 4) is 0 Å². The van der Waals surface area contributed by atoms with E-state index in [0.717, 1.165) is 6.54 Å². The molecule has 20 heavy (non-hydrogen) atoms. The molecule has 0 amide bonds. The molecule has 0 bridgehead atoms. The summed E-state index contributed by atoms with van der Waals surface area (Å²) in [6, 6.07) is 0. The van der Waals surface area contributed by atoms with E-state index >= 15 is 0 Å². The average Bonchev–Trinajstić information content (AvgIpc) is 2.67. The van der Waals surface area contributed by atoms with Crippen LogP contribution in [0.15, 0.2) is 9.31 Å². The van der Waals surface area contributed by atoms with Crippen molar-refractivity contribution < 1.29 is 17.6 Å². The molecular weight excluding hydrogens is 280 g/mol. The molecule has 1 aromatic rings. The molecule has 0 radical (unpaired) electrons. The fourth-order valence-corrected chi connectivity index (χ4v) is 3.44. The highest BCUT2D eigenvalue weighted by atomic mass is 32.2. The van der Waals surface area contributed by atoms with E-state index in [1.54, 1.807) is 13.8 Å². The summed E-state index contributed by atoms with van der Waals surface area (Å²) < 4.78 is 37.9. The van der Waals surface area contributed by atoms with Gasteiger partial charge in [-0.1, -0.05) is 6.92 Å². The van der Waals surface area contributed by atoms with Gasteiger partial charge in [-0.3, -0.25) is 0 Å². The summed E-state index contributed by atoms with van der Waals surface area (Å²) in [6.07, 6.45) is 0. The van der Waals surface area contributed by atoms with Crippen molar-refractivity contribution in [2.75, 3.05) is 26.3 Å². The molecule has 116 valence electrons. The number of sulfonamides is 1. The van der Waals surface area contributed by atoms with Crippen LogP contribution in [-0.2, 0) is 21.3 Å². The number of furan rings is 1. The van der Waals surface area contributed by atoms with Crippen LogP contribution in [0.3, 0.4) is 0 Å². The second-order valence-electron chi connectivity index (χ2n) is 4.40. The lowest BCUT2D eigenvalue weighted by Gasteiger charge is -2.09. The van der Waals surface area contributed by atoms with Gasteiger partial charge in [0, 0.05) is 25.3 Å². The molecule has 2 N–H and O–H groups in total. The Hall–Kier alpha value is -0.890. The predicted molar refractivity (Wildman–Crippen MR) is 77.2 cm³/mol. The molecule has 1 rings (SSSR count). The van der Waals surface area contributed by atoms with Gasteiger partial charge in [0.2, 0.25) is 10.0 Å².